The number of imidazole rings is 1. The molecule has 4 aromatic rings. The molecule has 0 spiro atoms. The monoisotopic (exact) mass is 554 g/mol. The lowest BCUT2D eigenvalue weighted by molar-refractivity contribution is 0.567. The molecule has 0 fully saturated rings. The smallest absolute Gasteiger partial charge is 0.232 e. The van der Waals surface area contributed by atoms with Crippen LogP contribution in [0, 0.1) is 11.6 Å². The van der Waals surface area contributed by atoms with E-state index in [2.05, 4.69) is 4.98 Å². The van der Waals surface area contributed by atoms with Crippen molar-refractivity contribution in [2.75, 3.05) is 0 Å². The maximum absolute atomic E-state index is 13.7. The van der Waals surface area contributed by atoms with E-state index in [0.717, 1.165) is 11.6 Å². The molecule has 0 atom stereocenters. The quantitative estimate of drug-likeness (QED) is 0.249. The van der Waals surface area contributed by atoms with Crippen LogP contribution in [0.25, 0.3) is 5.69 Å². The predicted molar refractivity (Wildman–Crippen MR) is 134 cm³/mol. The molecule has 10 heteroatoms. The van der Waals surface area contributed by atoms with Crippen molar-refractivity contribution >= 4 is 44.6 Å². The Morgan fingerprint density at radius 3 is 2.20 bits per heavy atom. The van der Waals surface area contributed by atoms with Gasteiger partial charge in [0.2, 0.25) is 15.0 Å². The SMILES string of the molecule is CC(C)(c1ccc(Cl)c(Cl)c1)c1cnc(S(=O)(=O)Cc2ccc(F)c(Cl)c2)n1-c1ccc(F)cc1. The van der Waals surface area contributed by atoms with Gasteiger partial charge in [0, 0.05) is 11.1 Å². The van der Waals surface area contributed by atoms with E-state index < -0.39 is 32.6 Å². The zero-order valence-corrected chi connectivity index (χ0v) is 21.7. The summed E-state index contributed by atoms with van der Waals surface area (Å²) >= 11 is 18.2. The van der Waals surface area contributed by atoms with Crippen molar-refractivity contribution in [2.24, 2.45) is 0 Å². The highest BCUT2D eigenvalue weighted by Gasteiger charge is 2.33. The summed E-state index contributed by atoms with van der Waals surface area (Å²) in [6.45, 7) is 3.78. The largest absolute Gasteiger partial charge is 0.287 e. The highest BCUT2D eigenvalue weighted by molar-refractivity contribution is 7.90. The fraction of sp³-hybridized carbons (Fsp3) is 0.160. The number of rotatable bonds is 6. The Labute approximate surface area is 217 Å². The minimum absolute atomic E-state index is 0.180. The maximum atomic E-state index is 13.7. The van der Waals surface area contributed by atoms with E-state index in [1.165, 1.54) is 47.2 Å². The van der Waals surface area contributed by atoms with E-state index >= 15 is 0 Å². The van der Waals surface area contributed by atoms with Gasteiger partial charge < -0.3 is 0 Å². The van der Waals surface area contributed by atoms with Crippen LogP contribution >= 0.6 is 34.8 Å². The summed E-state index contributed by atoms with van der Waals surface area (Å²) < 4.78 is 55.7. The first-order valence-electron chi connectivity index (χ1n) is 10.4. The van der Waals surface area contributed by atoms with Crippen molar-refractivity contribution in [3.63, 3.8) is 0 Å². The van der Waals surface area contributed by atoms with Crippen molar-refractivity contribution in [1.82, 2.24) is 9.55 Å². The molecule has 0 saturated carbocycles. The Kier molecular flexibility index (Phi) is 6.99. The molecule has 4 rings (SSSR count). The van der Waals surface area contributed by atoms with Crippen molar-refractivity contribution < 1.29 is 17.2 Å². The Hall–Kier alpha value is -2.45. The molecule has 3 aromatic carbocycles. The minimum atomic E-state index is -4.04. The number of hydrogen-bond donors (Lipinski definition) is 0. The second-order valence-electron chi connectivity index (χ2n) is 8.50. The average molecular weight is 556 g/mol. The topological polar surface area (TPSA) is 52.0 Å². The Bertz CT molecular complexity index is 1520. The summed E-state index contributed by atoms with van der Waals surface area (Å²) in [6, 6.07) is 14.3. The van der Waals surface area contributed by atoms with Crippen LogP contribution in [0.2, 0.25) is 15.1 Å². The third-order valence-corrected chi connectivity index (χ3v) is 8.30. The summed E-state index contributed by atoms with van der Waals surface area (Å²) in [5.41, 5.74) is 1.23. The number of hydrogen-bond acceptors (Lipinski definition) is 3. The second-order valence-corrected chi connectivity index (χ2v) is 11.6. The number of halogens is 5. The number of nitrogens with zero attached hydrogens (tertiary/aromatic N) is 2. The van der Waals surface area contributed by atoms with Gasteiger partial charge in [0.15, 0.2) is 0 Å². The van der Waals surface area contributed by atoms with Crippen LogP contribution in [0.15, 0.2) is 72.0 Å². The first-order valence-corrected chi connectivity index (χ1v) is 13.1. The van der Waals surface area contributed by atoms with Crippen molar-refractivity contribution in [3.8, 4) is 5.69 Å². The third-order valence-electron chi connectivity index (χ3n) is 5.71. The summed E-state index contributed by atoms with van der Waals surface area (Å²) in [6.07, 6.45) is 1.47. The van der Waals surface area contributed by atoms with Crippen LogP contribution in [0.3, 0.4) is 0 Å². The number of sulfone groups is 1. The van der Waals surface area contributed by atoms with Crippen molar-refractivity contribution in [1.29, 1.82) is 0 Å². The van der Waals surface area contributed by atoms with Crippen LogP contribution in [-0.2, 0) is 21.0 Å². The Morgan fingerprint density at radius 1 is 0.886 bits per heavy atom. The fourth-order valence-electron chi connectivity index (χ4n) is 3.78. The van der Waals surface area contributed by atoms with Crippen LogP contribution in [-0.4, -0.2) is 18.0 Å². The second kappa shape index (κ2) is 9.54. The fourth-order valence-corrected chi connectivity index (χ4v) is 5.72. The summed E-state index contributed by atoms with van der Waals surface area (Å²) in [5.74, 6) is -1.58. The molecule has 0 N–H and O–H groups in total. The molecular formula is C25H19Cl3F2N2O2S. The zero-order valence-electron chi connectivity index (χ0n) is 18.6. The summed E-state index contributed by atoms with van der Waals surface area (Å²) in [5, 5.41) is 0.319. The predicted octanol–water partition coefficient (Wildman–Crippen LogP) is 7.41. The molecule has 0 aliphatic heterocycles. The molecule has 182 valence electrons. The third kappa shape index (κ3) is 5.09. The first-order chi connectivity index (χ1) is 16.4. The Balaban J connectivity index is 1.89. The van der Waals surface area contributed by atoms with E-state index in [0.29, 0.717) is 27.0 Å². The highest BCUT2D eigenvalue weighted by Crippen LogP contribution is 2.37. The van der Waals surface area contributed by atoms with Gasteiger partial charge in [0.1, 0.15) is 11.6 Å². The average Bonchev–Trinajstić information content (AvgIpc) is 3.25. The van der Waals surface area contributed by atoms with Gasteiger partial charge in [-0.15, -0.1) is 0 Å². The zero-order chi connectivity index (χ0) is 25.5. The van der Waals surface area contributed by atoms with Crippen LogP contribution in [0.1, 0.15) is 30.7 Å². The van der Waals surface area contributed by atoms with E-state index in [1.54, 1.807) is 18.2 Å². The van der Waals surface area contributed by atoms with Gasteiger partial charge in [-0.1, -0.05) is 60.8 Å². The van der Waals surface area contributed by atoms with Crippen LogP contribution in [0.5, 0.6) is 0 Å². The molecule has 0 saturated heterocycles. The van der Waals surface area contributed by atoms with E-state index in [4.69, 9.17) is 34.8 Å². The van der Waals surface area contributed by atoms with Gasteiger partial charge >= 0.3 is 0 Å². The number of benzene rings is 3. The Morgan fingerprint density at radius 2 is 1.57 bits per heavy atom. The van der Waals surface area contributed by atoms with Crippen molar-refractivity contribution in [2.45, 2.75) is 30.2 Å². The van der Waals surface area contributed by atoms with Crippen LogP contribution < -0.4 is 0 Å². The van der Waals surface area contributed by atoms with Crippen LogP contribution in [0.4, 0.5) is 8.78 Å². The summed E-state index contributed by atoms with van der Waals surface area (Å²) in [7, 11) is -4.04. The van der Waals surface area contributed by atoms with E-state index in [9.17, 15) is 17.2 Å². The number of aromatic nitrogens is 2. The van der Waals surface area contributed by atoms with E-state index in [1.807, 2.05) is 13.8 Å². The molecule has 0 aliphatic carbocycles. The van der Waals surface area contributed by atoms with E-state index in [-0.39, 0.29) is 10.2 Å². The standard InChI is InChI=1S/C25H19Cl3F2N2O2S/c1-25(2,16-4-9-19(26)20(27)12-16)23-13-31-24(32(23)18-7-5-17(29)6-8-18)35(33,34)14-15-3-10-22(30)21(28)11-15/h3-13H,14H2,1-2H3. The van der Waals surface area contributed by atoms with Crippen molar-refractivity contribution in [3.05, 3.63) is 110 Å². The van der Waals surface area contributed by atoms with Gasteiger partial charge in [-0.3, -0.25) is 4.57 Å². The molecule has 4 nitrogen and oxygen atoms in total. The molecule has 0 radical (unpaired) electrons. The summed E-state index contributed by atoms with van der Waals surface area (Å²) in [4.78, 5) is 4.27. The van der Waals surface area contributed by atoms with Gasteiger partial charge in [0.05, 0.1) is 32.7 Å². The molecule has 0 bridgehead atoms. The maximum Gasteiger partial charge on any atom is 0.232 e. The highest BCUT2D eigenvalue weighted by atomic mass is 35.5. The molecule has 0 amide bonds. The lowest BCUT2D eigenvalue weighted by atomic mass is 9.81. The minimum Gasteiger partial charge on any atom is -0.287 e. The normalized spacial score (nSPS) is 12.2. The van der Waals surface area contributed by atoms with Gasteiger partial charge in [-0.25, -0.2) is 22.2 Å². The first kappa shape index (κ1) is 25.6. The lowest BCUT2D eigenvalue weighted by Gasteiger charge is -2.27. The molecule has 0 aliphatic rings. The molecule has 1 heterocycles. The van der Waals surface area contributed by atoms with Gasteiger partial charge in [-0.2, -0.15) is 0 Å². The van der Waals surface area contributed by atoms with Gasteiger partial charge in [-0.05, 0) is 59.7 Å². The lowest BCUT2D eigenvalue weighted by Crippen LogP contribution is -2.24. The molecule has 35 heavy (non-hydrogen) atoms. The molecule has 0 unspecified atom stereocenters. The molecular weight excluding hydrogens is 537 g/mol. The van der Waals surface area contributed by atoms with Gasteiger partial charge in [0.25, 0.3) is 0 Å². The molecule has 1 aromatic heterocycles.